The molecule has 0 bridgehead atoms. The van der Waals surface area contributed by atoms with Crippen molar-refractivity contribution in [2.45, 2.75) is 51.7 Å². The average molecular weight is 273 g/mol. The maximum atomic E-state index is 4.40. The number of hydrogen-bond acceptors (Lipinski definition) is 3. The third-order valence-corrected chi connectivity index (χ3v) is 4.03. The van der Waals surface area contributed by atoms with E-state index in [-0.39, 0.29) is 6.04 Å². The Hall–Kier alpha value is -1.62. The summed E-state index contributed by atoms with van der Waals surface area (Å²) in [5, 5.41) is 12.3. The van der Waals surface area contributed by atoms with E-state index in [9.17, 15) is 0 Å². The number of nitrogens with one attached hydrogen (secondary N) is 1. The smallest absolute Gasteiger partial charge is 0.149 e. The molecule has 0 spiro atoms. The van der Waals surface area contributed by atoms with Crippen LogP contribution in [0.5, 0.6) is 0 Å². The van der Waals surface area contributed by atoms with Gasteiger partial charge < -0.3 is 14.5 Å². The van der Waals surface area contributed by atoms with E-state index in [1.807, 2.05) is 7.05 Å². The highest BCUT2D eigenvalue weighted by atomic mass is 15.3. The van der Waals surface area contributed by atoms with Gasteiger partial charge in [-0.25, -0.2) is 0 Å². The standard InChI is InChI=1S/C15H23N5/c1-12(16-10-13-7-9-19(2)11-13)15-18-17-14-6-4-3-5-8-20(14)15/h7,9,11-12,16H,3-6,8,10H2,1-2H3. The summed E-state index contributed by atoms with van der Waals surface area (Å²) >= 11 is 0. The Balaban J connectivity index is 1.68. The van der Waals surface area contributed by atoms with Gasteiger partial charge in [0.15, 0.2) is 0 Å². The highest BCUT2D eigenvalue weighted by Gasteiger charge is 2.18. The van der Waals surface area contributed by atoms with Crippen molar-refractivity contribution in [3.63, 3.8) is 0 Å². The summed E-state index contributed by atoms with van der Waals surface area (Å²) in [6, 6.07) is 2.37. The first-order chi connectivity index (χ1) is 9.74. The number of hydrogen-bond donors (Lipinski definition) is 1. The molecule has 1 atom stereocenters. The van der Waals surface area contributed by atoms with Crippen LogP contribution >= 0.6 is 0 Å². The first-order valence-corrected chi connectivity index (χ1v) is 7.50. The Bertz CT molecular complexity index is 569. The van der Waals surface area contributed by atoms with E-state index < -0.39 is 0 Å². The Morgan fingerprint density at radius 1 is 1.30 bits per heavy atom. The van der Waals surface area contributed by atoms with E-state index in [0.717, 1.165) is 31.2 Å². The molecule has 0 aromatic carbocycles. The molecule has 108 valence electrons. The molecule has 1 aliphatic heterocycles. The van der Waals surface area contributed by atoms with Gasteiger partial charge in [-0.05, 0) is 31.4 Å². The van der Waals surface area contributed by atoms with Gasteiger partial charge in [0.1, 0.15) is 11.6 Å². The lowest BCUT2D eigenvalue weighted by atomic mass is 10.2. The lowest BCUT2D eigenvalue weighted by Gasteiger charge is -2.14. The predicted molar refractivity (Wildman–Crippen MR) is 78.2 cm³/mol. The van der Waals surface area contributed by atoms with Gasteiger partial charge in [0.25, 0.3) is 0 Å². The molecule has 0 amide bonds. The second kappa shape index (κ2) is 5.79. The molecule has 2 aromatic heterocycles. The minimum absolute atomic E-state index is 0.231. The maximum absolute atomic E-state index is 4.40. The predicted octanol–water partition coefficient (Wildman–Crippen LogP) is 2.19. The van der Waals surface area contributed by atoms with Crippen molar-refractivity contribution in [3.05, 3.63) is 35.7 Å². The summed E-state index contributed by atoms with van der Waals surface area (Å²) in [4.78, 5) is 0. The molecule has 0 saturated heterocycles. The summed E-state index contributed by atoms with van der Waals surface area (Å²) < 4.78 is 4.39. The molecule has 3 heterocycles. The molecule has 1 unspecified atom stereocenters. The molecular weight excluding hydrogens is 250 g/mol. The Labute approximate surface area is 120 Å². The zero-order valence-corrected chi connectivity index (χ0v) is 12.3. The zero-order chi connectivity index (χ0) is 13.9. The molecule has 0 radical (unpaired) electrons. The minimum Gasteiger partial charge on any atom is -0.357 e. The van der Waals surface area contributed by atoms with E-state index in [1.165, 1.54) is 24.8 Å². The summed E-state index contributed by atoms with van der Waals surface area (Å²) in [7, 11) is 2.05. The SMILES string of the molecule is CC(NCc1ccn(C)c1)c1nnc2n1CCCCC2. The van der Waals surface area contributed by atoms with Gasteiger partial charge in [0, 0.05) is 39.0 Å². The largest absolute Gasteiger partial charge is 0.357 e. The molecule has 5 heteroatoms. The average Bonchev–Trinajstić information content (AvgIpc) is 2.96. The van der Waals surface area contributed by atoms with Gasteiger partial charge in [-0.3, -0.25) is 0 Å². The molecular formula is C15H23N5. The second-order valence-corrected chi connectivity index (χ2v) is 5.72. The maximum Gasteiger partial charge on any atom is 0.149 e. The Morgan fingerprint density at radius 3 is 3.00 bits per heavy atom. The van der Waals surface area contributed by atoms with E-state index in [4.69, 9.17) is 0 Å². The third-order valence-electron chi connectivity index (χ3n) is 4.03. The molecule has 20 heavy (non-hydrogen) atoms. The topological polar surface area (TPSA) is 47.7 Å². The van der Waals surface area contributed by atoms with E-state index >= 15 is 0 Å². The van der Waals surface area contributed by atoms with Crippen molar-refractivity contribution in [3.8, 4) is 0 Å². The van der Waals surface area contributed by atoms with Crippen molar-refractivity contribution in [1.82, 2.24) is 24.6 Å². The second-order valence-electron chi connectivity index (χ2n) is 5.72. The van der Waals surface area contributed by atoms with Crippen LogP contribution in [0.3, 0.4) is 0 Å². The molecule has 5 nitrogen and oxygen atoms in total. The number of rotatable bonds is 4. The molecule has 2 aromatic rings. The Kier molecular flexibility index (Phi) is 3.87. The fraction of sp³-hybridized carbons (Fsp3) is 0.600. The lowest BCUT2D eigenvalue weighted by Crippen LogP contribution is -2.22. The van der Waals surface area contributed by atoms with Gasteiger partial charge >= 0.3 is 0 Å². The van der Waals surface area contributed by atoms with Gasteiger partial charge in [-0.2, -0.15) is 0 Å². The number of nitrogens with zero attached hydrogens (tertiary/aromatic N) is 4. The first-order valence-electron chi connectivity index (χ1n) is 7.50. The summed E-state index contributed by atoms with van der Waals surface area (Å²) in [5.74, 6) is 2.24. The number of aromatic nitrogens is 4. The fourth-order valence-corrected chi connectivity index (χ4v) is 2.86. The van der Waals surface area contributed by atoms with Crippen LogP contribution in [0.25, 0.3) is 0 Å². The van der Waals surface area contributed by atoms with Crippen molar-refractivity contribution < 1.29 is 0 Å². The number of fused-ring (bicyclic) bond motifs is 1. The lowest BCUT2D eigenvalue weighted by molar-refractivity contribution is 0.502. The van der Waals surface area contributed by atoms with Crippen LogP contribution in [0.2, 0.25) is 0 Å². The molecule has 1 aliphatic rings. The summed E-state index contributed by atoms with van der Waals surface area (Å²) in [5.41, 5.74) is 1.30. The molecule has 3 rings (SSSR count). The van der Waals surface area contributed by atoms with Gasteiger partial charge in [0.2, 0.25) is 0 Å². The monoisotopic (exact) mass is 273 g/mol. The van der Waals surface area contributed by atoms with Crippen LogP contribution in [0, 0.1) is 0 Å². The summed E-state index contributed by atoms with van der Waals surface area (Å²) in [6.45, 7) is 4.10. The molecule has 0 aliphatic carbocycles. The van der Waals surface area contributed by atoms with Crippen LogP contribution in [-0.4, -0.2) is 19.3 Å². The van der Waals surface area contributed by atoms with Gasteiger partial charge in [-0.1, -0.05) is 6.42 Å². The number of aryl methyl sites for hydroxylation is 2. The normalized spacial score (nSPS) is 16.7. The molecule has 0 saturated carbocycles. The fourth-order valence-electron chi connectivity index (χ4n) is 2.86. The van der Waals surface area contributed by atoms with Crippen molar-refractivity contribution >= 4 is 0 Å². The van der Waals surface area contributed by atoms with Crippen LogP contribution in [0.4, 0.5) is 0 Å². The first kappa shape index (κ1) is 13.4. The highest BCUT2D eigenvalue weighted by Crippen LogP contribution is 2.18. The van der Waals surface area contributed by atoms with E-state index in [0.29, 0.717) is 0 Å². The van der Waals surface area contributed by atoms with Crippen LogP contribution in [0.15, 0.2) is 18.5 Å². The zero-order valence-electron chi connectivity index (χ0n) is 12.3. The van der Waals surface area contributed by atoms with Crippen LogP contribution in [-0.2, 0) is 26.6 Å². The Morgan fingerprint density at radius 2 is 2.20 bits per heavy atom. The van der Waals surface area contributed by atoms with Crippen molar-refractivity contribution in [1.29, 1.82) is 0 Å². The van der Waals surface area contributed by atoms with Crippen molar-refractivity contribution in [2.75, 3.05) is 0 Å². The van der Waals surface area contributed by atoms with Crippen LogP contribution in [0.1, 0.15) is 49.4 Å². The summed E-state index contributed by atoms with van der Waals surface area (Å²) in [6.07, 6.45) is 9.06. The van der Waals surface area contributed by atoms with Gasteiger partial charge in [-0.15, -0.1) is 10.2 Å². The quantitative estimate of drug-likeness (QED) is 0.929. The van der Waals surface area contributed by atoms with Gasteiger partial charge in [0.05, 0.1) is 6.04 Å². The van der Waals surface area contributed by atoms with E-state index in [1.54, 1.807) is 0 Å². The van der Waals surface area contributed by atoms with E-state index in [2.05, 4.69) is 50.0 Å². The van der Waals surface area contributed by atoms with Crippen LogP contribution < -0.4 is 5.32 Å². The third kappa shape index (κ3) is 2.77. The molecule has 0 fully saturated rings. The molecule has 1 N–H and O–H groups in total. The van der Waals surface area contributed by atoms with Crippen molar-refractivity contribution in [2.24, 2.45) is 7.05 Å². The highest BCUT2D eigenvalue weighted by molar-refractivity contribution is 5.10. The minimum atomic E-state index is 0.231.